The Bertz CT molecular complexity index is 469. The summed E-state index contributed by atoms with van der Waals surface area (Å²) in [4.78, 5) is 11.0. The molecule has 0 aliphatic carbocycles. The third kappa shape index (κ3) is 3.77. The van der Waals surface area contributed by atoms with Crippen LogP contribution in [-0.4, -0.2) is 24.8 Å². The molecule has 1 N–H and O–H groups in total. The summed E-state index contributed by atoms with van der Waals surface area (Å²) in [6.45, 7) is 6.06. The molecule has 0 heterocycles. The molecule has 106 valence electrons. The molecule has 0 saturated heterocycles. The van der Waals surface area contributed by atoms with Crippen LogP contribution in [0.5, 0.6) is 11.5 Å². The summed E-state index contributed by atoms with van der Waals surface area (Å²) >= 11 is 6.12. The van der Waals surface area contributed by atoms with Crippen LogP contribution in [0.3, 0.4) is 0 Å². The maximum absolute atomic E-state index is 11.0. The van der Waals surface area contributed by atoms with Gasteiger partial charge >= 0.3 is 5.97 Å². The highest BCUT2D eigenvalue weighted by molar-refractivity contribution is 6.32. The fraction of sp³-hybridized carbons (Fsp3) is 0.500. The highest BCUT2D eigenvalue weighted by Gasteiger charge is 2.28. The highest BCUT2D eigenvalue weighted by Crippen LogP contribution is 2.40. The van der Waals surface area contributed by atoms with Crippen molar-refractivity contribution in [2.45, 2.75) is 32.6 Å². The molecule has 0 radical (unpaired) electrons. The summed E-state index contributed by atoms with van der Waals surface area (Å²) in [5, 5.41) is 9.45. The molecule has 4 nitrogen and oxygen atoms in total. The Balaban J connectivity index is 3.31. The van der Waals surface area contributed by atoms with Gasteiger partial charge in [0, 0.05) is 17.0 Å². The number of carbonyl (C=O) groups is 1. The van der Waals surface area contributed by atoms with E-state index >= 15 is 0 Å². The zero-order valence-corrected chi connectivity index (χ0v) is 12.4. The minimum absolute atomic E-state index is 0.00423. The molecular formula is C14H19ClO4. The standard InChI is InChI=1S/C14H19ClO4/c1-5-19-11-7-12(18-4)10(15)6-9(11)14(2,3)8-13(16)17/h6-7H,5,8H2,1-4H3,(H,16,17). The zero-order valence-electron chi connectivity index (χ0n) is 11.6. The average molecular weight is 287 g/mol. The molecule has 1 aromatic carbocycles. The Morgan fingerprint density at radius 3 is 2.47 bits per heavy atom. The molecule has 0 aromatic heterocycles. The van der Waals surface area contributed by atoms with E-state index in [-0.39, 0.29) is 6.42 Å². The lowest BCUT2D eigenvalue weighted by atomic mass is 9.81. The van der Waals surface area contributed by atoms with Crippen LogP contribution in [0, 0.1) is 0 Å². The molecule has 1 aromatic rings. The van der Waals surface area contributed by atoms with Gasteiger partial charge in [0.15, 0.2) is 0 Å². The van der Waals surface area contributed by atoms with E-state index < -0.39 is 11.4 Å². The zero-order chi connectivity index (χ0) is 14.6. The van der Waals surface area contributed by atoms with Crippen LogP contribution < -0.4 is 9.47 Å². The first kappa shape index (κ1) is 15.6. The SMILES string of the molecule is CCOc1cc(OC)c(Cl)cc1C(C)(C)CC(=O)O. The molecule has 0 aliphatic rings. The molecule has 0 spiro atoms. The Morgan fingerprint density at radius 1 is 1.37 bits per heavy atom. The van der Waals surface area contributed by atoms with Crippen molar-refractivity contribution in [2.75, 3.05) is 13.7 Å². The molecule has 1 rings (SSSR count). The summed E-state index contributed by atoms with van der Waals surface area (Å²) in [7, 11) is 1.53. The van der Waals surface area contributed by atoms with Crippen LogP contribution in [0.2, 0.25) is 5.02 Å². The van der Waals surface area contributed by atoms with Crippen LogP contribution in [-0.2, 0) is 10.2 Å². The third-order valence-electron chi connectivity index (χ3n) is 2.88. The number of halogens is 1. The molecular weight excluding hydrogens is 268 g/mol. The quantitative estimate of drug-likeness (QED) is 0.869. The van der Waals surface area contributed by atoms with Gasteiger partial charge in [0.1, 0.15) is 11.5 Å². The first-order valence-corrected chi connectivity index (χ1v) is 6.42. The van der Waals surface area contributed by atoms with Gasteiger partial charge in [0.05, 0.1) is 25.2 Å². The maximum atomic E-state index is 11.0. The van der Waals surface area contributed by atoms with E-state index in [1.54, 1.807) is 12.1 Å². The molecule has 5 heteroatoms. The number of aliphatic carboxylic acids is 1. The van der Waals surface area contributed by atoms with Crippen LogP contribution >= 0.6 is 11.6 Å². The minimum atomic E-state index is -0.862. The second-order valence-corrected chi connectivity index (χ2v) is 5.28. The minimum Gasteiger partial charge on any atom is -0.495 e. The first-order chi connectivity index (χ1) is 8.81. The van der Waals surface area contributed by atoms with Crippen molar-refractivity contribution in [1.29, 1.82) is 0 Å². The predicted molar refractivity (Wildman–Crippen MR) is 74.5 cm³/mol. The van der Waals surface area contributed by atoms with Gasteiger partial charge in [-0.2, -0.15) is 0 Å². The maximum Gasteiger partial charge on any atom is 0.304 e. The number of ether oxygens (including phenoxy) is 2. The number of carboxylic acids is 1. The number of benzene rings is 1. The summed E-state index contributed by atoms with van der Waals surface area (Å²) in [6.07, 6.45) is -0.00423. The van der Waals surface area contributed by atoms with E-state index in [1.165, 1.54) is 7.11 Å². The van der Waals surface area contributed by atoms with E-state index in [2.05, 4.69) is 0 Å². The van der Waals surface area contributed by atoms with E-state index in [0.717, 1.165) is 5.56 Å². The van der Waals surface area contributed by atoms with Gasteiger partial charge in [0.25, 0.3) is 0 Å². The smallest absolute Gasteiger partial charge is 0.304 e. The summed E-state index contributed by atoms with van der Waals surface area (Å²) in [5.41, 5.74) is 0.189. The molecule has 0 saturated carbocycles. The molecule has 19 heavy (non-hydrogen) atoms. The Hall–Kier alpha value is -1.42. The summed E-state index contributed by atoms with van der Waals surface area (Å²) in [5.74, 6) is 0.259. The van der Waals surface area contributed by atoms with Crippen LogP contribution in [0.25, 0.3) is 0 Å². The van der Waals surface area contributed by atoms with Gasteiger partial charge in [0.2, 0.25) is 0 Å². The Labute approximate surface area is 118 Å². The number of rotatable bonds is 6. The Kier molecular flexibility index (Phi) is 5.06. The van der Waals surface area contributed by atoms with Crippen molar-refractivity contribution in [3.05, 3.63) is 22.7 Å². The van der Waals surface area contributed by atoms with Gasteiger partial charge in [-0.25, -0.2) is 0 Å². The fourth-order valence-corrected chi connectivity index (χ4v) is 2.21. The van der Waals surface area contributed by atoms with Crippen molar-refractivity contribution >= 4 is 17.6 Å². The van der Waals surface area contributed by atoms with Gasteiger partial charge in [-0.1, -0.05) is 25.4 Å². The lowest BCUT2D eigenvalue weighted by Crippen LogP contribution is -2.22. The molecule has 0 atom stereocenters. The molecule has 0 bridgehead atoms. The molecule has 0 fully saturated rings. The molecule has 0 aliphatic heterocycles. The van der Waals surface area contributed by atoms with Crippen LogP contribution in [0.1, 0.15) is 32.8 Å². The lowest BCUT2D eigenvalue weighted by molar-refractivity contribution is -0.138. The van der Waals surface area contributed by atoms with Crippen molar-refractivity contribution < 1.29 is 19.4 Å². The van der Waals surface area contributed by atoms with Gasteiger partial charge in [-0.3, -0.25) is 4.79 Å². The molecule has 0 unspecified atom stereocenters. The summed E-state index contributed by atoms with van der Waals surface area (Å²) in [6, 6.07) is 3.42. The van der Waals surface area contributed by atoms with Gasteiger partial charge in [-0.15, -0.1) is 0 Å². The van der Waals surface area contributed by atoms with E-state index in [9.17, 15) is 4.79 Å². The van der Waals surface area contributed by atoms with Gasteiger partial charge in [-0.05, 0) is 13.0 Å². The lowest BCUT2D eigenvalue weighted by Gasteiger charge is -2.26. The number of carboxylic acid groups (broad SMARTS) is 1. The van der Waals surface area contributed by atoms with Crippen molar-refractivity contribution in [3.63, 3.8) is 0 Å². The van der Waals surface area contributed by atoms with Crippen LogP contribution in [0.15, 0.2) is 12.1 Å². The van der Waals surface area contributed by atoms with E-state index in [1.807, 2.05) is 20.8 Å². The van der Waals surface area contributed by atoms with Crippen molar-refractivity contribution in [3.8, 4) is 11.5 Å². The second-order valence-electron chi connectivity index (χ2n) is 4.87. The average Bonchev–Trinajstić information content (AvgIpc) is 2.29. The van der Waals surface area contributed by atoms with Crippen molar-refractivity contribution in [2.24, 2.45) is 0 Å². The van der Waals surface area contributed by atoms with E-state index in [4.69, 9.17) is 26.2 Å². The Morgan fingerprint density at radius 2 is 2.00 bits per heavy atom. The number of methoxy groups -OCH3 is 1. The number of hydrogen-bond acceptors (Lipinski definition) is 3. The van der Waals surface area contributed by atoms with Crippen molar-refractivity contribution in [1.82, 2.24) is 0 Å². The van der Waals surface area contributed by atoms with Gasteiger partial charge < -0.3 is 14.6 Å². The monoisotopic (exact) mass is 286 g/mol. The predicted octanol–water partition coefficient (Wildman–Crippen LogP) is 3.50. The second kappa shape index (κ2) is 6.15. The highest BCUT2D eigenvalue weighted by atomic mass is 35.5. The normalized spacial score (nSPS) is 11.2. The fourth-order valence-electron chi connectivity index (χ4n) is 1.97. The third-order valence-corrected chi connectivity index (χ3v) is 3.17. The molecule has 0 amide bonds. The first-order valence-electron chi connectivity index (χ1n) is 6.04. The summed E-state index contributed by atoms with van der Waals surface area (Å²) < 4.78 is 10.7. The number of hydrogen-bond donors (Lipinski definition) is 1. The van der Waals surface area contributed by atoms with Crippen LogP contribution in [0.4, 0.5) is 0 Å². The van der Waals surface area contributed by atoms with E-state index in [0.29, 0.717) is 23.1 Å². The largest absolute Gasteiger partial charge is 0.495 e. The topological polar surface area (TPSA) is 55.8 Å².